The topological polar surface area (TPSA) is 92.4 Å². The molecule has 1 unspecified atom stereocenters. The average Bonchev–Trinajstić information content (AvgIpc) is 3.05. The zero-order chi connectivity index (χ0) is 15.8. The number of sulfonamides is 1. The van der Waals surface area contributed by atoms with Crippen molar-refractivity contribution in [2.75, 3.05) is 6.54 Å². The standard InChI is InChI=1S/C15H18N2O3S2/c16-22(19,20)14-12(6-8-21-14)9-17-10-15(18)7-5-11-3-1-2-4-13(11)15/h1-4,6,8,17-18H,5,7,9-10H2,(H2,16,19,20). The maximum atomic E-state index is 11.5. The lowest BCUT2D eigenvalue weighted by Crippen LogP contribution is -2.36. The van der Waals surface area contributed by atoms with Gasteiger partial charge < -0.3 is 10.4 Å². The van der Waals surface area contributed by atoms with Crippen LogP contribution in [0.15, 0.2) is 39.9 Å². The van der Waals surface area contributed by atoms with E-state index in [0.717, 1.165) is 23.3 Å². The predicted molar refractivity (Wildman–Crippen MR) is 86.1 cm³/mol. The minimum Gasteiger partial charge on any atom is -0.384 e. The van der Waals surface area contributed by atoms with Crippen molar-refractivity contribution in [3.05, 3.63) is 52.4 Å². The minimum absolute atomic E-state index is 0.179. The van der Waals surface area contributed by atoms with Crippen LogP contribution in [0.1, 0.15) is 23.1 Å². The quantitative estimate of drug-likeness (QED) is 0.766. The second-order valence-corrected chi connectivity index (χ2v) is 8.24. The Balaban J connectivity index is 1.69. The second kappa shape index (κ2) is 5.75. The van der Waals surface area contributed by atoms with Gasteiger partial charge in [-0.15, -0.1) is 11.3 Å². The summed E-state index contributed by atoms with van der Waals surface area (Å²) in [7, 11) is -3.69. The van der Waals surface area contributed by atoms with Gasteiger partial charge in [-0.2, -0.15) is 0 Å². The molecule has 1 aromatic heterocycles. The van der Waals surface area contributed by atoms with Gasteiger partial charge in [-0.05, 0) is 41.0 Å². The molecule has 0 radical (unpaired) electrons. The number of nitrogens with two attached hydrogens (primary N) is 1. The Bertz CT molecular complexity index is 786. The molecule has 0 saturated heterocycles. The Labute approximate surface area is 133 Å². The predicted octanol–water partition coefficient (Wildman–Crippen LogP) is 1.32. The summed E-state index contributed by atoms with van der Waals surface area (Å²) in [6.45, 7) is 0.740. The van der Waals surface area contributed by atoms with Gasteiger partial charge >= 0.3 is 0 Å². The highest BCUT2D eigenvalue weighted by Gasteiger charge is 2.35. The first-order chi connectivity index (χ1) is 10.4. The maximum Gasteiger partial charge on any atom is 0.247 e. The molecular formula is C15H18N2O3S2. The zero-order valence-corrected chi connectivity index (χ0v) is 13.6. The fourth-order valence-corrected chi connectivity index (χ4v) is 4.81. The van der Waals surface area contributed by atoms with Crippen molar-refractivity contribution in [3.63, 3.8) is 0 Å². The van der Waals surface area contributed by atoms with Crippen molar-refractivity contribution in [1.29, 1.82) is 0 Å². The van der Waals surface area contributed by atoms with E-state index < -0.39 is 15.6 Å². The Kier molecular flexibility index (Phi) is 4.09. The molecular weight excluding hydrogens is 320 g/mol. The third kappa shape index (κ3) is 2.95. The molecule has 2 aromatic rings. The van der Waals surface area contributed by atoms with E-state index >= 15 is 0 Å². The van der Waals surface area contributed by atoms with Crippen LogP contribution in [0, 0.1) is 0 Å². The number of rotatable bonds is 5. The molecule has 22 heavy (non-hydrogen) atoms. The van der Waals surface area contributed by atoms with E-state index in [0.29, 0.717) is 25.1 Å². The highest BCUT2D eigenvalue weighted by atomic mass is 32.2. The molecule has 0 bridgehead atoms. The van der Waals surface area contributed by atoms with E-state index in [2.05, 4.69) is 5.32 Å². The first kappa shape index (κ1) is 15.6. The lowest BCUT2D eigenvalue weighted by Gasteiger charge is -2.24. The van der Waals surface area contributed by atoms with Crippen LogP contribution in [0.2, 0.25) is 0 Å². The van der Waals surface area contributed by atoms with Crippen molar-refractivity contribution in [2.45, 2.75) is 29.2 Å². The number of aryl methyl sites for hydroxylation is 1. The summed E-state index contributed by atoms with van der Waals surface area (Å²) >= 11 is 1.11. The van der Waals surface area contributed by atoms with Gasteiger partial charge in [0.05, 0.1) is 0 Å². The number of hydrogen-bond acceptors (Lipinski definition) is 5. The monoisotopic (exact) mass is 338 g/mol. The fourth-order valence-electron chi connectivity index (χ4n) is 2.96. The number of nitrogens with one attached hydrogen (secondary N) is 1. The number of fused-ring (bicyclic) bond motifs is 1. The summed E-state index contributed by atoms with van der Waals surface area (Å²) in [4.78, 5) is 0. The van der Waals surface area contributed by atoms with Crippen molar-refractivity contribution in [2.24, 2.45) is 5.14 Å². The van der Waals surface area contributed by atoms with Crippen molar-refractivity contribution in [3.8, 4) is 0 Å². The molecule has 1 aliphatic rings. The van der Waals surface area contributed by atoms with Gasteiger partial charge in [-0.25, -0.2) is 13.6 Å². The first-order valence-electron chi connectivity index (χ1n) is 7.01. The van der Waals surface area contributed by atoms with Crippen molar-refractivity contribution < 1.29 is 13.5 Å². The number of primary sulfonamides is 1. The third-order valence-electron chi connectivity index (χ3n) is 4.02. The molecule has 0 spiro atoms. The molecule has 4 N–H and O–H groups in total. The van der Waals surface area contributed by atoms with E-state index in [4.69, 9.17) is 5.14 Å². The number of thiophene rings is 1. The largest absolute Gasteiger partial charge is 0.384 e. The summed E-state index contributed by atoms with van der Waals surface area (Å²) in [6, 6.07) is 9.62. The smallest absolute Gasteiger partial charge is 0.247 e. The van der Waals surface area contributed by atoms with Gasteiger partial charge in [-0.1, -0.05) is 24.3 Å². The average molecular weight is 338 g/mol. The van der Waals surface area contributed by atoms with E-state index in [-0.39, 0.29) is 4.21 Å². The fraction of sp³-hybridized carbons (Fsp3) is 0.333. The van der Waals surface area contributed by atoms with Gasteiger partial charge in [0.15, 0.2) is 0 Å². The minimum atomic E-state index is -3.69. The summed E-state index contributed by atoms with van der Waals surface area (Å²) in [6.07, 6.45) is 1.53. The normalized spacial score (nSPS) is 21.0. The molecule has 1 aliphatic carbocycles. The molecule has 1 heterocycles. The van der Waals surface area contributed by atoms with Crippen molar-refractivity contribution in [1.82, 2.24) is 5.32 Å². The lowest BCUT2D eigenvalue weighted by atomic mass is 9.96. The Morgan fingerprint density at radius 3 is 2.86 bits per heavy atom. The number of aliphatic hydroxyl groups is 1. The van der Waals surface area contributed by atoms with Gasteiger partial charge in [-0.3, -0.25) is 0 Å². The van der Waals surface area contributed by atoms with E-state index in [1.807, 2.05) is 24.3 Å². The molecule has 3 rings (SSSR count). The molecule has 0 saturated carbocycles. The summed E-state index contributed by atoms with van der Waals surface area (Å²) < 4.78 is 23.1. The molecule has 1 atom stereocenters. The molecule has 118 valence electrons. The van der Waals surface area contributed by atoms with Crippen LogP contribution in [-0.4, -0.2) is 20.1 Å². The van der Waals surface area contributed by atoms with Crippen LogP contribution in [0.3, 0.4) is 0 Å². The summed E-state index contributed by atoms with van der Waals surface area (Å²) in [5.74, 6) is 0. The van der Waals surface area contributed by atoms with Crippen LogP contribution in [0.25, 0.3) is 0 Å². The lowest BCUT2D eigenvalue weighted by molar-refractivity contribution is 0.0384. The molecule has 0 aliphatic heterocycles. The van der Waals surface area contributed by atoms with Crippen LogP contribution in [-0.2, 0) is 28.6 Å². The second-order valence-electron chi connectivity index (χ2n) is 5.57. The van der Waals surface area contributed by atoms with Crippen LogP contribution < -0.4 is 10.5 Å². The van der Waals surface area contributed by atoms with Gasteiger partial charge in [0, 0.05) is 13.1 Å². The maximum absolute atomic E-state index is 11.5. The SMILES string of the molecule is NS(=O)(=O)c1sccc1CNCC1(O)CCc2ccccc21. The number of benzene rings is 1. The van der Waals surface area contributed by atoms with Gasteiger partial charge in [0.2, 0.25) is 10.0 Å². The van der Waals surface area contributed by atoms with Crippen LogP contribution in [0.4, 0.5) is 0 Å². The Morgan fingerprint density at radius 2 is 2.09 bits per heavy atom. The highest BCUT2D eigenvalue weighted by molar-refractivity contribution is 7.91. The van der Waals surface area contributed by atoms with E-state index in [1.165, 1.54) is 5.56 Å². The van der Waals surface area contributed by atoms with Crippen LogP contribution in [0.5, 0.6) is 0 Å². The Morgan fingerprint density at radius 1 is 1.32 bits per heavy atom. The summed E-state index contributed by atoms with van der Waals surface area (Å²) in [5.41, 5.74) is 1.88. The van der Waals surface area contributed by atoms with E-state index in [1.54, 1.807) is 11.4 Å². The molecule has 0 fully saturated rings. The number of hydrogen-bond donors (Lipinski definition) is 3. The van der Waals surface area contributed by atoms with Crippen molar-refractivity contribution >= 4 is 21.4 Å². The molecule has 0 amide bonds. The van der Waals surface area contributed by atoms with Gasteiger partial charge in [0.1, 0.15) is 9.81 Å². The summed E-state index contributed by atoms with van der Waals surface area (Å²) in [5, 5.41) is 20.9. The zero-order valence-electron chi connectivity index (χ0n) is 12.0. The Hall–Kier alpha value is -1.25. The molecule has 7 heteroatoms. The van der Waals surface area contributed by atoms with Crippen LogP contribution >= 0.6 is 11.3 Å². The molecule has 1 aromatic carbocycles. The first-order valence-corrected chi connectivity index (χ1v) is 9.43. The van der Waals surface area contributed by atoms with Gasteiger partial charge in [0.25, 0.3) is 0 Å². The highest BCUT2D eigenvalue weighted by Crippen LogP contribution is 2.36. The molecule has 5 nitrogen and oxygen atoms in total. The van der Waals surface area contributed by atoms with E-state index in [9.17, 15) is 13.5 Å². The third-order valence-corrected chi connectivity index (χ3v) is 6.54.